The van der Waals surface area contributed by atoms with E-state index in [2.05, 4.69) is 9.97 Å². The number of carbonyl (C=O) groups is 1. The molecule has 1 aromatic rings. The molecule has 0 radical (unpaired) electrons. The summed E-state index contributed by atoms with van der Waals surface area (Å²) in [7, 11) is 1.55. The number of aromatic nitrogens is 2. The van der Waals surface area contributed by atoms with Gasteiger partial charge in [-0.05, 0) is 12.3 Å². The lowest BCUT2D eigenvalue weighted by molar-refractivity contribution is -0.130. The number of ether oxygens (including phenoxy) is 2. The Bertz CT molecular complexity index is 532. The van der Waals surface area contributed by atoms with Gasteiger partial charge in [-0.15, -0.1) is 0 Å². The van der Waals surface area contributed by atoms with E-state index in [4.69, 9.17) is 9.47 Å². The largest absolute Gasteiger partial charge is 0.477 e. The third-order valence-corrected chi connectivity index (χ3v) is 4.84. The maximum atomic E-state index is 12.3. The van der Waals surface area contributed by atoms with Gasteiger partial charge in [0.2, 0.25) is 5.91 Å². The Morgan fingerprint density at radius 1 is 1.22 bits per heavy atom. The summed E-state index contributed by atoms with van der Waals surface area (Å²) in [6, 6.07) is 0. The van der Waals surface area contributed by atoms with Gasteiger partial charge in [0.1, 0.15) is 6.10 Å². The SMILES string of the molecule is COc1nccnc1O[C@H]1CCN(C(=O)CCC2CCCC2)C1. The van der Waals surface area contributed by atoms with Crippen LogP contribution in [-0.2, 0) is 4.79 Å². The van der Waals surface area contributed by atoms with Crippen LogP contribution in [0.15, 0.2) is 12.4 Å². The van der Waals surface area contributed by atoms with Crippen molar-refractivity contribution in [2.75, 3.05) is 20.2 Å². The Kier molecular flexibility index (Phi) is 5.31. The van der Waals surface area contributed by atoms with E-state index in [1.54, 1.807) is 19.5 Å². The molecular weight excluding hydrogens is 294 g/mol. The quantitative estimate of drug-likeness (QED) is 0.806. The molecule has 2 fully saturated rings. The summed E-state index contributed by atoms with van der Waals surface area (Å²) < 4.78 is 11.0. The fourth-order valence-corrected chi connectivity index (χ4v) is 3.53. The smallest absolute Gasteiger partial charge is 0.278 e. The van der Waals surface area contributed by atoms with E-state index in [1.165, 1.54) is 25.7 Å². The van der Waals surface area contributed by atoms with Crippen LogP contribution in [0.25, 0.3) is 0 Å². The molecule has 3 rings (SSSR count). The van der Waals surface area contributed by atoms with Crippen LogP contribution >= 0.6 is 0 Å². The van der Waals surface area contributed by atoms with Gasteiger partial charge in [-0.1, -0.05) is 25.7 Å². The Morgan fingerprint density at radius 2 is 1.96 bits per heavy atom. The summed E-state index contributed by atoms with van der Waals surface area (Å²) in [5, 5.41) is 0. The van der Waals surface area contributed by atoms with Gasteiger partial charge in [-0.25, -0.2) is 9.97 Å². The topological polar surface area (TPSA) is 64.6 Å². The van der Waals surface area contributed by atoms with Crippen LogP contribution in [0.2, 0.25) is 0 Å². The predicted octanol–water partition coefficient (Wildman–Crippen LogP) is 2.44. The van der Waals surface area contributed by atoms with Crippen molar-refractivity contribution in [3.05, 3.63) is 12.4 Å². The number of likely N-dealkylation sites (tertiary alicyclic amines) is 1. The van der Waals surface area contributed by atoms with Gasteiger partial charge in [0, 0.05) is 31.8 Å². The molecule has 1 aliphatic heterocycles. The molecule has 2 aliphatic rings. The standard InChI is InChI=1S/C17H25N3O3/c1-22-16-17(19-10-9-18-16)23-14-8-11-20(12-14)15(21)7-6-13-4-2-3-5-13/h9-10,13-14H,2-8,11-12H2,1H3/t14-/m0/s1. The molecule has 0 aromatic carbocycles. The number of nitrogens with zero attached hydrogens (tertiary/aromatic N) is 3. The molecule has 126 valence electrons. The summed E-state index contributed by atoms with van der Waals surface area (Å²) in [4.78, 5) is 22.5. The molecule has 1 saturated heterocycles. The zero-order valence-corrected chi connectivity index (χ0v) is 13.7. The van der Waals surface area contributed by atoms with E-state index in [0.29, 0.717) is 24.7 Å². The molecule has 0 bridgehead atoms. The van der Waals surface area contributed by atoms with Crippen molar-refractivity contribution in [1.82, 2.24) is 14.9 Å². The minimum Gasteiger partial charge on any atom is -0.477 e. The first-order valence-corrected chi connectivity index (χ1v) is 8.55. The van der Waals surface area contributed by atoms with Crippen LogP contribution in [0.1, 0.15) is 44.9 Å². The zero-order chi connectivity index (χ0) is 16.1. The summed E-state index contributed by atoms with van der Waals surface area (Å²) in [6.07, 6.45) is 10.9. The van der Waals surface area contributed by atoms with Crippen molar-refractivity contribution in [2.24, 2.45) is 5.92 Å². The first kappa shape index (κ1) is 16.0. The average molecular weight is 319 g/mol. The third kappa shape index (κ3) is 4.12. The Balaban J connectivity index is 1.46. The number of carbonyl (C=O) groups excluding carboxylic acids is 1. The lowest BCUT2D eigenvalue weighted by Crippen LogP contribution is -2.31. The van der Waals surface area contributed by atoms with E-state index < -0.39 is 0 Å². The fraction of sp³-hybridized carbons (Fsp3) is 0.706. The van der Waals surface area contributed by atoms with Crippen molar-refractivity contribution >= 4 is 5.91 Å². The fourth-order valence-electron chi connectivity index (χ4n) is 3.53. The van der Waals surface area contributed by atoms with Crippen molar-refractivity contribution in [2.45, 2.75) is 51.0 Å². The van der Waals surface area contributed by atoms with Gasteiger partial charge in [0.25, 0.3) is 11.8 Å². The average Bonchev–Trinajstić information content (AvgIpc) is 3.25. The van der Waals surface area contributed by atoms with Crippen LogP contribution in [0.3, 0.4) is 0 Å². The Labute approximate surface area is 137 Å². The maximum Gasteiger partial charge on any atom is 0.278 e. The molecule has 0 unspecified atom stereocenters. The van der Waals surface area contributed by atoms with E-state index in [0.717, 1.165) is 25.3 Å². The molecule has 0 spiro atoms. The van der Waals surface area contributed by atoms with Gasteiger partial charge < -0.3 is 14.4 Å². The van der Waals surface area contributed by atoms with Crippen LogP contribution in [0.4, 0.5) is 0 Å². The summed E-state index contributed by atoms with van der Waals surface area (Å²) in [6.45, 7) is 1.39. The maximum absolute atomic E-state index is 12.3. The lowest BCUT2D eigenvalue weighted by atomic mass is 10.0. The van der Waals surface area contributed by atoms with Crippen molar-refractivity contribution in [1.29, 1.82) is 0 Å². The highest BCUT2D eigenvalue weighted by atomic mass is 16.5. The van der Waals surface area contributed by atoms with Crippen molar-refractivity contribution in [3.63, 3.8) is 0 Å². The summed E-state index contributed by atoms with van der Waals surface area (Å²) >= 11 is 0. The van der Waals surface area contributed by atoms with E-state index in [-0.39, 0.29) is 12.0 Å². The Hall–Kier alpha value is -1.85. The molecule has 1 aliphatic carbocycles. The minimum atomic E-state index is -0.0315. The molecule has 6 heteroatoms. The minimum absolute atomic E-state index is 0.0315. The predicted molar refractivity (Wildman–Crippen MR) is 85.4 cm³/mol. The molecule has 1 aromatic heterocycles. The molecule has 1 atom stereocenters. The first-order valence-electron chi connectivity index (χ1n) is 8.55. The van der Waals surface area contributed by atoms with E-state index >= 15 is 0 Å². The first-order chi connectivity index (χ1) is 11.3. The highest BCUT2D eigenvalue weighted by molar-refractivity contribution is 5.76. The van der Waals surface area contributed by atoms with Crippen LogP contribution in [0.5, 0.6) is 11.8 Å². The van der Waals surface area contributed by atoms with Crippen molar-refractivity contribution < 1.29 is 14.3 Å². The zero-order valence-electron chi connectivity index (χ0n) is 13.7. The van der Waals surface area contributed by atoms with E-state index in [1.807, 2.05) is 4.90 Å². The summed E-state index contributed by atoms with van der Waals surface area (Å²) in [5.41, 5.74) is 0. The number of amides is 1. The second kappa shape index (κ2) is 7.62. The second-order valence-corrected chi connectivity index (χ2v) is 6.43. The molecular formula is C17H25N3O3. The van der Waals surface area contributed by atoms with Crippen molar-refractivity contribution in [3.8, 4) is 11.8 Å². The summed E-state index contributed by atoms with van der Waals surface area (Å²) in [5.74, 6) is 1.81. The van der Waals surface area contributed by atoms with Gasteiger partial charge in [-0.3, -0.25) is 4.79 Å². The molecule has 0 N–H and O–H groups in total. The highest BCUT2D eigenvalue weighted by Gasteiger charge is 2.29. The molecule has 2 heterocycles. The second-order valence-electron chi connectivity index (χ2n) is 6.43. The van der Waals surface area contributed by atoms with Gasteiger partial charge in [0.05, 0.1) is 13.7 Å². The monoisotopic (exact) mass is 319 g/mol. The Morgan fingerprint density at radius 3 is 2.70 bits per heavy atom. The molecule has 1 amide bonds. The van der Waals surface area contributed by atoms with Crippen LogP contribution in [-0.4, -0.2) is 47.1 Å². The van der Waals surface area contributed by atoms with E-state index in [9.17, 15) is 4.79 Å². The third-order valence-electron chi connectivity index (χ3n) is 4.84. The number of methoxy groups -OCH3 is 1. The van der Waals surface area contributed by atoms with Gasteiger partial charge >= 0.3 is 0 Å². The van der Waals surface area contributed by atoms with Gasteiger partial charge in [0.15, 0.2) is 0 Å². The van der Waals surface area contributed by atoms with Crippen LogP contribution < -0.4 is 9.47 Å². The number of hydrogen-bond donors (Lipinski definition) is 0. The lowest BCUT2D eigenvalue weighted by Gasteiger charge is -2.18. The highest BCUT2D eigenvalue weighted by Crippen LogP contribution is 2.29. The number of hydrogen-bond acceptors (Lipinski definition) is 5. The van der Waals surface area contributed by atoms with Gasteiger partial charge in [-0.2, -0.15) is 0 Å². The molecule has 1 saturated carbocycles. The molecule has 23 heavy (non-hydrogen) atoms. The number of rotatable bonds is 6. The normalized spacial score (nSPS) is 21.6. The van der Waals surface area contributed by atoms with Crippen LogP contribution in [0, 0.1) is 5.92 Å². The molecule has 6 nitrogen and oxygen atoms in total.